The van der Waals surface area contributed by atoms with Gasteiger partial charge in [-0.05, 0) is 53.1 Å². The zero-order valence-electron chi connectivity index (χ0n) is 19.7. The minimum Gasteiger partial charge on any atom is -0.486 e. The fourth-order valence-corrected chi connectivity index (χ4v) is 4.63. The number of hydrogen-bond acceptors (Lipinski definition) is 5. The van der Waals surface area contributed by atoms with Gasteiger partial charge in [-0.1, -0.05) is 29.8 Å². The maximum Gasteiger partial charge on any atom is 0.254 e. The molecule has 2 aromatic carbocycles. The van der Waals surface area contributed by atoms with Crippen LogP contribution in [0.4, 0.5) is 0 Å². The zero-order valence-corrected chi connectivity index (χ0v) is 20.4. The topological polar surface area (TPSA) is 80.8 Å². The number of fused-ring (bicyclic) bond motifs is 1. The van der Waals surface area contributed by atoms with Crippen LogP contribution in [-0.4, -0.2) is 60.7 Å². The van der Waals surface area contributed by atoms with Gasteiger partial charge in [0.15, 0.2) is 0 Å². The molecule has 1 fully saturated rings. The Labute approximate surface area is 214 Å². The molecule has 0 radical (unpaired) electrons. The molecule has 5 rings (SSSR count). The number of aromatic nitrogens is 1. The fraction of sp³-hybridized carbons (Fsp3) is 0.250. The number of amides is 2. The third kappa shape index (κ3) is 5.58. The van der Waals surface area contributed by atoms with Crippen molar-refractivity contribution >= 4 is 29.5 Å². The maximum absolute atomic E-state index is 12.7. The summed E-state index contributed by atoms with van der Waals surface area (Å²) in [6, 6.07) is 15.2. The van der Waals surface area contributed by atoms with Crippen molar-refractivity contribution in [1.82, 2.24) is 15.2 Å². The Hall–Kier alpha value is -3.68. The van der Waals surface area contributed by atoms with Crippen LogP contribution in [0.1, 0.15) is 21.5 Å². The molecule has 7 nitrogen and oxygen atoms in total. The number of nitrogens with zero attached hydrogens (tertiary/aromatic N) is 2. The van der Waals surface area contributed by atoms with Gasteiger partial charge < -0.3 is 19.7 Å². The Bertz CT molecular complexity index is 1270. The van der Waals surface area contributed by atoms with Crippen LogP contribution in [0.3, 0.4) is 0 Å². The number of benzene rings is 2. The van der Waals surface area contributed by atoms with Crippen molar-refractivity contribution in [2.24, 2.45) is 0 Å². The van der Waals surface area contributed by atoms with Crippen LogP contribution >= 0.6 is 11.6 Å². The second kappa shape index (κ2) is 10.9. The second-order valence-corrected chi connectivity index (χ2v) is 9.14. The van der Waals surface area contributed by atoms with Gasteiger partial charge in [-0.25, -0.2) is 0 Å². The van der Waals surface area contributed by atoms with Gasteiger partial charge in [0, 0.05) is 49.1 Å². The molecule has 36 heavy (non-hydrogen) atoms. The van der Waals surface area contributed by atoms with E-state index in [0.29, 0.717) is 55.6 Å². The molecule has 1 atom stereocenters. The summed E-state index contributed by atoms with van der Waals surface area (Å²) in [7, 11) is 0. The third-order valence-electron chi connectivity index (χ3n) is 6.23. The Morgan fingerprint density at radius 3 is 2.67 bits per heavy atom. The first kappa shape index (κ1) is 24.0. The first-order valence-corrected chi connectivity index (χ1v) is 12.3. The highest BCUT2D eigenvalue weighted by Crippen LogP contribution is 2.39. The summed E-state index contributed by atoms with van der Waals surface area (Å²) in [5.74, 6) is 0.479. The number of morpholine rings is 1. The van der Waals surface area contributed by atoms with Crippen LogP contribution in [0.25, 0.3) is 17.2 Å². The molecule has 2 aliphatic heterocycles. The van der Waals surface area contributed by atoms with Gasteiger partial charge in [0.25, 0.3) is 5.91 Å². The zero-order chi connectivity index (χ0) is 24.9. The lowest BCUT2D eigenvalue weighted by Gasteiger charge is -2.26. The Kier molecular flexibility index (Phi) is 7.30. The van der Waals surface area contributed by atoms with Gasteiger partial charge >= 0.3 is 0 Å². The van der Waals surface area contributed by atoms with Crippen LogP contribution in [0.15, 0.2) is 67.0 Å². The summed E-state index contributed by atoms with van der Waals surface area (Å²) in [4.78, 5) is 30.7. The molecular weight excluding hydrogens is 478 g/mol. The molecule has 8 heteroatoms. The van der Waals surface area contributed by atoms with Crippen molar-refractivity contribution in [3.63, 3.8) is 0 Å². The molecule has 0 spiro atoms. The van der Waals surface area contributed by atoms with Crippen LogP contribution in [0, 0.1) is 0 Å². The van der Waals surface area contributed by atoms with Crippen LogP contribution < -0.4 is 10.1 Å². The fourth-order valence-electron chi connectivity index (χ4n) is 4.34. The predicted octanol–water partition coefficient (Wildman–Crippen LogP) is 4.01. The molecule has 1 unspecified atom stereocenters. The smallest absolute Gasteiger partial charge is 0.254 e. The molecule has 2 aliphatic rings. The highest BCUT2D eigenvalue weighted by Gasteiger charge is 2.26. The monoisotopic (exact) mass is 503 g/mol. The molecule has 0 saturated carbocycles. The molecule has 0 aliphatic carbocycles. The normalized spacial score (nSPS) is 17.0. The van der Waals surface area contributed by atoms with E-state index in [1.54, 1.807) is 18.5 Å². The Morgan fingerprint density at radius 2 is 1.92 bits per heavy atom. The van der Waals surface area contributed by atoms with E-state index in [4.69, 9.17) is 21.1 Å². The molecule has 1 saturated heterocycles. The summed E-state index contributed by atoms with van der Waals surface area (Å²) in [6.07, 6.45) is 7.02. The van der Waals surface area contributed by atoms with Gasteiger partial charge in [-0.3, -0.25) is 14.6 Å². The summed E-state index contributed by atoms with van der Waals surface area (Å²) >= 11 is 6.55. The lowest BCUT2D eigenvalue weighted by atomic mass is 9.99. The average Bonchev–Trinajstić information content (AvgIpc) is 3.35. The number of carbonyl (C=O) groups excluding carboxylic acids is 2. The molecule has 184 valence electrons. The molecule has 0 bridgehead atoms. The van der Waals surface area contributed by atoms with Gasteiger partial charge in [0.05, 0.1) is 24.8 Å². The van der Waals surface area contributed by atoms with E-state index in [-0.39, 0.29) is 17.9 Å². The molecule has 1 N–H and O–H groups in total. The average molecular weight is 504 g/mol. The maximum atomic E-state index is 12.7. The number of rotatable bonds is 6. The Morgan fingerprint density at radius 1 is 1.11 bits per heavy atom. The number of halogens is 1. The van der Waals surface area contributed by atoms with Crippen LogP contribution in [-0.2, 0) is 16.0 Å². The summed E-state index contributed by atoms with van der Waals surface area (Å²) in [6.45, 7) is 2.75. The van der Waals surface area contributed by atoms with E-state index in [2.05, 4.69) is 16.4 Å². The standard InChI is InChI=1S/C28H26ClN3O4/c29-25-16-22(20-4-6-21(7-5-20)28(34)32-10-12-35-13-11-32)14-23-15-24(36-27(23)25)18-31-26(33)8-3-19-2-1-9-30-17-19/h1-9,14,16-17,24H,10-13,15,18H2,(H,31,33). The van der Waals surface area contributed by atoms with E-state index in [0.717, 1.165) is 22.3 Å². The van der Waals surface area contributed by atoms with Crippen molar-refractivity contribution in [1.29, 1.82) is 0 Å². The van der Waals surface area contributed by atoms with E-state index >= 15 is 0 Å². The molecule has 1 aromatic heterocycles. The van der Waals surface area contributed by atoms with E-state index in [1.165, 1.54) is 6.08 Å². The second-order valence-electron chi connectivity index (χ2n) is 8.74. The highest BCUT2D eigenvalue weighted by molar-refractivity contribution is 6.32. The van der Waals surface area contributed by atoms with Gasteiger partial charge in [0.2, 0.25) is 5.91 Å². The van der Waals surface area contributed by atoms with Crippen LogP contribution in [0.2, 0.25) is 5.02 Å². The van der Waals surface area contributed by atoms with Crippen LogP contribution in [0.5, 0.6) is 5.75 Å². The van der Waals surface area contributed by atoms with Crippen molar-refractivity contribution in [3.8, 4) is 16.9 Å². The first-order chi connectivity index (χ1) is 17.6. The quantitative estimate of drug-likeness (QED) is 0.514. The minimum absolute atomic E-state index is 0.0189. The highest BCUT2D eigenvalue weighted by atomic mass is 35.5. The van der Waals surface area contributed by atoms with Gasteiger partial charge in [-0.2, -0.15) is 0 Å². The third-order valence-corrected chi connectivity index (χ3v) is 6.51. The van der Waals surface area contributed by atoms with E-state index < -0.39 is 0 Å². The number of nitrogens with one attached hydrogen (secondary N) is 1. The number of ether oxygens (including phenoxy) is 2. The molecule has 3 aromatic rings. The number of hydrogen-bond donors (Lipinski definition) is 1. The summed E-state index contributed by atoms with van der Waals surface area (Å²) in [5, 5.41) is 3.41. The van der Waals surface area contributed by atoms with E-state index in [1.807, 2.05) is 47.4 Å². The van der Waals surface area contributed by atoms with Crippen molar-refractivity contribution in [2.45, 2.75) is 12.5 Å². The minimum atomic E-state index is -0.197. The lowest BCUT2D eigenvalue weighted by molar-refractivity contribution is -0.116. The van der Waals surface area contributed by atoms with Gasteiger partial charge in [0.1, 0.15) is 11.9 Å². The first-order valence-electron chi connectivity index (χ1n) is 11.9. The number of pyridine rings is 1. The van der Waals surface area contributed by atoms with Gasteiger partial charge in [-0.15, -0.1) is 0 Å². The summed E-state index contributed by atoms with van der Waals surface area (Å²) in [5.41, 5.74) is 4.43. The Balaban J connectivity index is 1.20. The molecule has 2 amide bonds. The number of carbonyl (C=O) groups is 2. The molecular formula is C28H26ClN3O4. The predicted molar refractivity (Wildman–Crippen MR) is 138 cm³/mol. The lowest BCUT2D eigenvalue weighted by Crippen LogP contribution is -2.40. The van der Waals surface area contributed by atoms with Crippen molar-refractivity contribution in [2.75, 3.05) is 32.8 Å². The van der Waals surface area contributed by atoms with Crippen molar-refractivity contribution < 1.29 is 19.1 Å². The van der Waals surface area contributed by atoms with Crippen molar-refractivity contribution in [3.05, 3.63) is 88.7 Å². The van der Waals surface area contributed by atoms with E-state index in [9.17, 15) is 9.59 Å². The molecule has 3 heterocycles. The SMILES string of the molecule is O=C(C=Cc1cccnc1)NCC1Cc2cc(-c3ccc(C(=O)N4CCOCC4)cc3)cc(Cl)c2O1. The largest absolute Gasteiger partial charge is 0.486 e. The summed E-state index contributed by atoms with van der Waals surface area (Å²) < 4.78 is 11.3.